The lowest BCUT2D eigenvalue weighted by molar-refractivity contribution is -0.942. The number of ether oxygens (including phenoxy) is 4. The Kier molecular flexibility index (Phi) is 4.53. The number of aliphatic hydroxyl groups excluding tert-OH is 1. The summed E-state index contributed by atoms with van der Waals surface area (Å²) in [5, 5.41) is 25.0. The Morgan fingerprint density at radius 3 is 2.87 bits per heavy atom. The van der Waals surface area contributed by atoms with Gasteiger partial charge in [0.05, 0.1) is 25.1 Å². The van der Waals surface area contributed by atoms with Crippen molar-refractivity contribution in [2.75, 3.05) is 13.7 Å². The van der Waals surface area contributed by atoms with Crippen LogP contribution in [0.1, 0.15) is 52.9 Å². The lowest BCUT2D eigenvalue weighted by Gasteiger charge is -2.58. The third-order valence-electron chi connectivity index (χ3n) is 8.03. The smallest absolute Gasteiger partial charge is 0.343 e. The number of carbonyl (C=O) groups is 1. The standard InChI is InChI=1S/C22H31NO7/c1-5-14(24)13-7-8-15-17-16-11(2)19(20-18(27-4)12(3)21(25)28-20)30-22(16,29-15)9-6-10-23(13,17)26/h11,13-17,24H,5-10H2,1-4H3/b20-19-/t11-,13-,14-,15-,16+,17-,22+,23?/m0/s1. The second kappa shape index (κ2) is 6.69. The van der Waals surface area contributed by atoms with Crippen molar-refractivity contribution >= 4 is 5.97 Å². The van der Waals surface area contributed by atoms with Crippen LogP contribution in [0.2, 0.25) is 0 Å². The number of allylic oxidation sites excluding steroid dienone is 1. The molecule has 0 radical (unpaired) electrons. The summed E-state index contributed by atoms with van der Waals surface area (Å²) in [6.07, 6.45) is 2.48. The maximum atomic E-state index is 14.3. The van der Waals surface area contributed by atoms with Crippen molar-refractivity contribution in [2.24, 2.45) is 11.8 Å². The van der Waals surface area contributed by atoms with Gasteiger partial charge in [0, 0.05) is 25.2 Å². The normalized spacial score (nSPS) is 48.2. The highest BCUT2D eigenvalue weighted by molar-refractivity contribution is 5.93. The number of hydrogen-bond acceptors (Lipinski definition) is 7. The van der Waals surface area contributed by atoms with E-state index in [0.717, 1.165) is 6.42 Å². The minimum atomic E-state index is -0.880. The summed E-state index contributed by atoms with van der Waals surface area (Å²) in [5.74, 6) is -0.416. The Morgan fingerprint density at radius 1 is 1.40 bits per heavy atom. The number of piperidine rings is 1. The third-order valence-corrected chi connectivity index (χ3v) is 8.03. The fourth-order valence-corrected chi connectivity index (χ4v) is 6.72. The van der Waals surface area contributed by atoms with Crippen LogP contribution in [-0.2, 0) is 23.7 Å². The van der Waals surface area contributed by atoms with Crippen molar-refractivity contribution in [1.82, 2.24) is 0 Å². The molecular weight excluding hydrogens is 390 g/mol. The molecule has 5 rings (SSSR count). The number of cyclic esters (lactones) is 1. The highest BCUT2D eigenvalue weighted by Crippen LogP contribution is 2.61. The maximum Gasteiger partial charge on any atom is 0.343 e. The van der Waals surface area contributed by atoms with Crippen molar-refractivity contribution in [3.63, 3.8) is 0 Å². The van der Waals surface area contributed by atoms with Gasteiger partial charge in [-0.2, -0.15) is 0 Å². The highest BCUT2D eigenvalue weighted by Gasteiger charge is 2.72. The van der Waals surface area contributed by atoms with Gasteiger partial charge in [0.25, 0.3) is 0 Å². The zero-order valence-corrected chi connectivity index (χ0v) is 18.1. The number of methoxy groups -OCH3 is 1. The van der Waals surface area contributed by atoms with Gasteiger partial charge in [-0.3, -0.25) is 0 Å². The number of rotatable bonds is 3. The molecule has 8 nitrogen and oxygen atoms in total. The number of aliphatic hydroxyl groups is 1. The van der Waals surface area contributed by atoms with Crippen LogP contribution in [0.15, 0.2) is 22.9 Å². The van der Waals surface area contributed by atoms with Crippen molar-refractivity contribution < 1.29 is 33.5 Å². The molecule has 0 aromatic heterocycles. The molecule has 0 spiro atoms. The zero-order valence-electron chi connectivity index (χ0n) is 18.1. The molecule has 5 heterocycles. The first-order chi connectivity index (χ1) is 14.3. The monoisotopic (exact) mass is 421 g/mol. The number of hydrogen-bond donors (Lipinski definition) is 1. The van der Waals surface area contributed by atoms with E-state index < -0.39 is 22.5 Å². The Balaban J connectivity index is 1.59. The molecule has 4 fully saturated rings. The second-order valence-corrected chi connectivity index (χ2v) is 9.42. The maximum absolute atomic E-state index is 14.3. The molecule has 4 saturated heterocycles. The Labute approximate surface area is 176 Å². The Bertz CT molecular complexity index is 837. The summed E-state index contributed by atoms with van der Waals surface area (Å²) >= 11 is 0. The predicted octanol–water partition coefficient (Wildman–Crippen LogP) is 2.46. The molecule has 0 aliphatic carbocycles. The molecule has 8 heteroatoms. The Hall–Kier alpha value is -1.61. The summed E-state index contributed by atoms with van der Waals surface area (Å²) in [6.45, 7) is 6.09. The van der Waals surface area contributed by atoms with E-state index in [-0.39, 0.29) is 30.0 Å². The molecule has 0 aromatic carbocycles. The molecule has 5 aliphatic heterocycles. The van der Waals surface area contributed by atoms with E-state index in [1.54, 1.807) is 6.92 Å². The van der Waals surface area contributed by atoms with Crippen LogP contribution < -0.4 is 0 Å². The average Bonchev–Trinajstić information content (AvgIpc) is 3.25. The molecule has 0 amide bonds. The van der Waals surface area contributed by atoms with Gasteiger partial charge >= 0.3 is 5.97 Å². The van der Waals surface area contributed by atoms with E-state index in [1.165, 1.54) is 7.11 Å². The molecule has 1 unspecified atom stereocenters. The van der Waals surface area contributed by atoms with Gasteiger partial charge in [0.2, 0.25) is 11.5 Å². The van der Waals surface area contributed by atoms with Crippen molar-refractivity contribution in [1.29, 1.82) is 0 Å². The summed E-state index contributed by atoms with van der Waals surface area (Å²) in [7, 11) is 1.50. The lowest BCUT2D eigenvalue weighted by atomic mass is 9.77. The minimum Gasteiger partial charge on any atom is -0.632 e. The van der Waals surface area contributed by atoms with Gasteiger partial charge in [0.15, 0.2) is 5.76 Å². The van der Waals surface area contributed by atoms with Crippen molar-refractivity contribution in [3.8, 4) is 0 Å². The van der Waals surface area contributed by atoms with Gasteiger partial charge in [0.1, 0.15) is 30.1 Å². The van der Waals surface area contributed by atoms with Crippen molar-refractivity contribution in [2.45, 2.75) is 83.0 Å². The van der Waals surface area contributed by atoms with Gasteiger partial charge in [-0.15, -0.1) is 0 Å². The molecule has 0 aromatic rings. The summed E-state index contributed by atoms with van der Waals surface area (Å²) in [6, 6.07) is -0.632. The van der Waals surface area contributed by atoms with Gasteiger partial charge in [-0.1, -0.05) is 13.8 Å². The summed E-state index contributed by atoms with van der Waals surface area (Å²) in [4.78, 5) is 12.1. The summed E-state index contributed by atoms with van der Waals surface area (Å²) in [5.41, 5.74) is 0.408. The first-order valence-electron chi connectivity index (χ1n) is 11.1. The van der Waals surface area contributed by atoms with Crippen LogP contribution in [0.3, 0.4) is 0 Å². The lowest BCUT2D eigenvalue weighted by Crippen LogP contribution is -2.68. The van der Waals surface area contributed by atoms with Crippen LogP contribution >= 0.6 is 0 Å². The van der Waals surface area contributed by atoms with Gasteiger partial charge in [-0.05, 0) is 19.8 Å². The summed E-state index contributed by atoms with van der Waals surface area (Å²) < 4.78 is 23.5. The first-order valence-corrected chi connectivity index (χ1v) is 11.1. The molecule has 5 aliphatic rings. The topological polar surface area (TPSA) is 97.3 Å². The average molecular weight is 421 g/mol. The van der Waals surface area contributed by atoms with Gasteiger partial charge in [-0.25, -0.2) is 4.79 Å². The van der Waals surface area contributed by atoms with Crippen LogP contribution in [0.4, 0.5) is 0 Å². The van der Waals surface area contributed by atoms with E-state index >= 15 is 0 Å². The quantitative estimate of drug-likeness (QED) is 0.425. The molecule has 30 heavy (non-hydrogen) atoms. The van der Waals surface area contributed by atoms with E-state index in [9.17, 15) is 15.1 Å². The molecular formula is C22H31NO7. The van der Waals surface area contributed by atoms with Crippen LogP contribution in [0, 0.1) is 17.0 Å². The number of carbonyl (C=O) groups excluding carboxylic acids is 1. The van der Waals surface area contributed by atoms with E-state index in [4.69, 9.17) is 18.9 Å². The minimum absolute atomic E-state index is 0.158. The van der Waals surface area contributed by atoms with Crippen LogP contribution in [0.5, 0.6) is 0 Å². The Morgan fingerprint density at radius 2 is 2.17 bits per heavy atom. The molecule has 166 valence electrons. The molecule has 0 saturated carbocycles. The molecule has 1 N–H and O–H groups in total. The predicted molar refractivity (Wildman–Crippen MR) is 105 cm³/mol. The molecule has 2 bridgehead atoms. The number of hydroxylamine groups is 3. The van der Waals surface area contributed by atoms with Crippen LogP contribution in [0.25, 0.3) is 0 Å². The number of quaternary nitrogens is 1. The number of esters is 1. The largest absolute Gasteiger partial charge is 0.632 e. The van der Waals surface area contributed by atoms with E-state index in [2.05, 4.69) is 0 Å². The first kappa shape index (κ1) is 20.3. The third kappa shape index (κ3) is 2.45. The van der Waals surface area contributed by atoms with E-state index in [1.807, 2.05) is 13.8 Å². The number of nitrogens with zero attached hydrogens (tertiary/aromatic N) is 1. The second-order valence-electron chi connectivity index (χ2n) is 9.42. The van der Waals surface area contributed by atoms with E-state index in [0.29, 0.717) is 55.1 Å². The van der Waals surface area contributed by atoms with Crippen molar-refractivity contribution in [3.05, 3.63) is 28.1 Å². The molecule has 8 atom stereocenters. The SMILES string of the molecule is CC[C@H](O)[C@@H]1CC[C@@H]2O[C@@]34CCC[N+]1([O-])[C@@H]2[C@H]3[C@H](C)/C(=C1/OC(=O)C(C)=C1OC)O4. The van der Waals surface area contributed by atoms with Gasteiger partial charge < -0.3 is 33.9 Å². The fourth-order valence-electron chi connectivity index (χ4n) is 6.72. The zero-order chi connectivity index (χ0) is 21.4. The fraction of sp³-hybridized carbons (Fsp3) is 0.773. The highest BCUT2D eigenvalue weighted by atomic mass is 16.7. The van der Waals surface area contributed by atoms with Crippen LogP contribution in [-0.4, -0.2) is 59.5 Å².